The van der Waals surface area contributed by atoms with Crippen molar-refractivity contribution in [1.29, 1.82) is 0 Å². The minimum absolute atomic E-state index is 0.0752. The second-order valence-corrected chi connectivity index (χ2v) is 6.01. The first-order chi connectivity index (χ1) is 9.58. The monoisotopic (exact) mass is 313 g/mol. The van der Waals surface area contributed by atoms with Crippen LogP contribution >= 0.6 is 23.1 Å². The Morgan fingerprint density at radius 1 is 1.55 bits per heavy atom. The van der Waals surface area contributed by atoms with E-state index in [1.165, 1.54) is 36.3 Å². The average Bonchev–Trinajstić information content (AvgIpc) is 2.83. The van der Waals surface area contributed by atoms with Crippen molar-refractivity contribution in [2.75, 3.05) is 7.11 Å². The van der Waals surface area contributed by atoms with Crippen LogP contribution in [0.3, 0.4) is 0 Å². The van der Waals surface area contributed by atoms with E-state index < -0.39 is 11.8 Å². The van der Waals surface area contributed by atoms with Crippen molar-refractivity contribution < 1.29 is 19.0 Å². The van der Waals surface area contributed by atoms with Gasteiger partial charge in [0.15, 0.2) is 11.6 Å². The lowest BCUT2D eigenvalue weighted by Crippen LogP contribution is -1.99. The maximum absolute atomic E-state index is 13.5. The van der Waals surface area contributed by atoms with Crippen LogP contribution in [0.4, 0.5) is 4.39 Å². The molecule has 0 atom stereocenters. The van der Waals surface area contributed by atoms with Crippen molar-refractivity contribution in [3.05, 3.63) is 40.7 Å². The Hall–Kier alpha value is -1.60. The maximum Gasteiger partial charge on any atom is 0.309 e. The molecule has 106 valence electrons. The molecule has 2 rings (SSSR count). The van der Waals surface area contributed by atoms with Crippen molar-refractivity contribution in [2.45, 2.75) is 16.5 Å². The number of methoxy groups -OCH3 is 1. The number of halogens is 1. The molecule has 7 heteroatoms. The van der Waals surface area contributed by atoms with E-state index in [1.807, 2.05) is 0 Å². The van der Waals surface area contributed by atoms with E-state index in [4.69, 9.17) is 9.84 Å². The third-order valence-electron chi connectivity index (χ3n) is 2.44. The fourth-order valence-electron chi connectivity index (χ4n) is 1.54. The van der Waals surface area contributed by atoms with Gasteiger partial charge in [0, 0.05) is 11.1 Å². The SMILES string of the molecule is COc1ccc(CSc2nc(CC(=O)O)cs2)cc1F. The largest absolute Gasteiger partial charge is 0.494 e. The van der Waals surface area contributed by atoms with Gasteiger partial charge in [-0.25, -0.2) is 9.37 Å². The van der Waals surface area contributed by atoms with E-state index in [1.54, 1.807) is 17.5 Å². The van der Waals surface area contributed by atoms with E-state index in [0.29, 0.717) is 11.4 Å². The van der Waals surface area contributed by atoms with E-state index in [9.17, 15) is 9.18 Å². The summed E-state index contributed by atoms with van der Waals surface area (Å²) in [4.78, 5) is 14.8. The summed E-state index contributed by atoms with van der Waals surface area (Å²) in [5.74, 6) is -0.502. The molecule has 0 unspecified atom stereocenters. The van der Waals surface area contributed by atoms with Crippen molar-refractivity contribution in [3.8, 4) is 5.75 Å². The highest BCUT2D eigenvalue weighted by Gasteiger charge is 2.08. The number of aliphatic carboxylic acids is 1. The van der Waals surface area contributed by atoms with Crippen molar-refractivity contribution in [3.63, 3.8) is 0 Å². The minimum Gasteiger partial charge on any atom is -0.494 e. The Balaban J connectivity index is 1.96. The summed E-state index contributed by atoms with van der Waals surface area (Å²) in [6.07, 6.45) is -0.0752. The Kier molecular flexibility index (Phi) is 4.97. The highest BCUT2D eigenvalue weighted by Crippen LogP contribution is 2.28. The number of aromatic nitrogens is 1. The number of thioether (sulfide) groups is 1. The second kappa shape index (κ2) is 6.71. The summed E-state index contributed by atoms with van der Waals surface area (Å²) < 4.78 is 19.1. The van der Waals surface area contributed by atoms with E-state index in [2.05, 4.69) is 4.98 Å². The van der Waals surface area contributed by atoms with Crippen LogP contribution in [0.5, 0.6) is 5.75 Å². The molecule has 0 radical (unpaired) electrons. The number of thiazole rings is 1. The third-order valence-corrected chi connectivity index (χ3v) is 4.58. The molecule has 1 aromatic carbocycles. The van der Waals surface area contributed by atoms with Crippen LogP contribution in [0.2, 0.25) is 0 Å². The zero-order valence-electron chi connectivity index (χ0n) is 10.6. The summed E-state index contributed by atoms with van der Waals surface area (Å²) in [6, 6.07) is 4.81. The number of carboxylic acids is 1. The molecule has 4 nitrogen and oxygen atoms in total. The topological polar surface area (TPSA) is 59.4 Å². The first-order valence-electron chi connectivity index (χ1n) is 5.70. The number of hydrogen-bond acceptors (Lipinski definition) is 5. The Morgan fingerprint density at radius 3 is 3.00 bits per heavy atom. The Morgan fingerprint density at radius 2 is 2.35 bits per heavy atom. The fraction of sp³-hybridized carbons (Fsp3) is 0.231. The molecule has 0 saturated carbocycles. The summed E-state index contributed by atoms with van der Waals surface area (Å²) >= 11 is 2.84. The molecule has 2 aromatic rings. The summed E-state index contributed by atoms with van der Waals surface area (Å²) in [5.41, 5.74) is 1.37. The van der Waals surface area contributed by atoms with E-state index in [-0.39, 0.29) is 12.2 Å². The van der Waals surface area contributed by atoms with Crippen LogP contribution in [-0.4, -0.2) is 23.2 Å². The molecule has 0 amide bonds. The lowest BCUT2D eigenvalue weighted by atomic mass is 10.2. The molecule has 0 aliphatic rings. The van der Waals surface area contributed by atoms with Crippen molar-refractivity contribution in [1.82, 2.24) is 4.98 Å². The van der Waals surface area contributed by atoms with Crippen LogP contribution < -0.4 is 4.74 Å². The molecule has 0 saturated heterocycles. The van der Waals surface area contributed by atoms with Crippen molar-refractivity contribution >= 4 is 29.1 Å². The van der Waals surface area contributed by atoms with Crippen LogP contribution in [0.1, 0.15) is 11.3 Å². The predicted molar refractivity (Wildman–Crippen MR) is 76.0 cm³/mol. The lowest BCUT2D eigenvalue weighted by molar-refractivity contribution is -0.136. The molecular weight excluding hydrogens is 301 g/mol. The molecule has 0 aliphatic carbocycles. The summed E-state index contributed by atoms with van der Waals surface area (Å²) in [7, 11) is 1.42. The van der Waals surface area contributed by atoms with Crippen LogP contribution in [-0.2, 0) is 17.0 Å². The zero-order valence-corrected chi connectivity index (χ0v) is 12.3. The third kappa shape index (κ3) is 3.94. The van der Waals surface area contributed by atoms with Gasteiger partial charge >= 0.3 is 5.97 Å². The number of rotatable bonds is 6. The molecule has 0 aliphatic heterocycles. The quantitative estimate of drug-likeness (QED) is 0.830. The van der Waals surface area contributed by atoms with Gasteiger partial charge in [0.1, 0.15) is 4.34 Å². The first kappa shape index (κ1) is 14.8. The summed E-state index contributed by atoms with van der Waals surface area (Å²) in [6.45, 7) is 0. The van der Waals surface area contributed by atoms with Gasteiger partial charge in [0.2, 0.25) is 0 Å². The number of nitrogens with zero attached hydrogens (tertiary/aromatic N) is 1. The molecule has 1 N–H and O–H groups in total. The summed E-state index contributed by atoms with van der Waals surface area (Å²) in [5, 5.41) is 10.4. The number of carbonyl (C=O) groups is 1. The number of benzene rings is 1. The molecule has 0 fully saturated rings. The van der Waals surface area contributed by atoms with Crippen LogP contribution in [0.25, 0.3) is 0 Å². The number of carboxylic acid groups (broad SMARTS) is 1. The molecule has 0 spiro atoms. The fourth-order valence-corrected chi connectivity index (χ4v) is 3.32. The molecular formula is C13H12FNO3S2. The first-order valence-corrected chi connectivity index (χ1v) is 7.56. The highest BCUT2D eigenvalue weighted by atomic mass is 32.2. The number of ether oxygens (including phenoxy) is 1. The molecule has 0 bridgehead atoms. The van der Waals surface area contributed by atoms with Gasteiger partial charge in [0.05, 0.1) is 19.2 Å². The van der Waals surface area contributed by atoms with Crippen LogP contribution in [0.15, 0.2) is 27.9 Å². The molecule has 1 aromatic heterocycles. The van der Waals surface area contributed by atoms with Gasteiger partial charge < -0.3 is 9.84 Å². The minimum atomic E-state index is -0.899. The van der Waals surface area contributed by atoms with Gasteiger partial charge in [-0.1, -0.05) is 17.8 Å². The van der Waals surface area contributed by atoms with E-state index >= 15 is 0 Å². The van der Waals surface area contributed by atoms with Gasteiger partial charge in [-0.15, -0.1) is 11.3 Å². The second-order valence-electron chi connectivity index (χ2n) is 3.93. The Bertz CT molecular complexity index is 615. The Labute approximate surface area is 123 Å². The molecule has 20 heavy (non-hydrogen) atoms. The van der Waals surface area contributed by atoms with Crippen LogP contribution in [0, 0.1) is 5.82 Å². The smallest absolute Gasteiger partial charge is 0.309 e. The normalized spacial score (nSPS) is 10.5. The van der Waals surface area contributed by atoms with Gasteiger partial charge in [0.25, 0.3) is 0 Å². The zero-order chi connectivity index (χ0) is 14.5. The number of hydrogen-bond donors (Lipinski definition) is 1. The van der Waals surface area contributed by atoms with Gasteiger partial charge in [-0.3, -0.25) is 4.79 Å². The van der Waals surface area contributed by atoms with Crippen molar-refractivity contribution in [2.24, 2.45) is 0 Å². The van der Waals surface area contributed by atoms with E-state index in [0.717, 1.165) is 9.90 Å². The van der Waals surface area contributed by atoms with Gasteiger partial charge in [-0.05, 0) is 17.7 Å². The average molecular weight is 313 g/mol. The predicted octanol–water partition coefficient (Wildman–Crippen LogP) is 3.21. The standard InChI is InChI=1S/C13H12FNO3S2/c1-18-11-3-2-8(4-10(11)14)6-19-13-15-9(7-20-13)5-12(16)17/h2-4,7H,5-6H2,1H3,(H,16,17). The van der Waals surface area contributed by atoms with Gasteiger partial charge in [-0.2, -0.15) is 0 Å². The highest BCUT2D eigenvalue weighted by molar-refractivity contribution is 8.00. The lowest BCUT2D eigenvalue weighted by Gasteiger charge is -2.04. The maximum atomic E-state index is 13.5. The molecule has 1 heterocycles.